The van der Waals surface area contributed by atoms with Crippen LogP contribution in [0.5, 0.6) is 0 Å². The lowest BCUT2D eigenvalue weighted by Crippen LogP contribution is -2.15. The Balaban J connectivity index is 2.39. The summed E-state index contributed by atoms with van der Waals surface area (Å²) in [5, 5.41) is 13.5. The molecule has 9 heteroatoms. The maximum Gasteiger partial charge on any atom is 0.338 e. The molecule has 0 aromatic heterocycles. The predicted octanol–water partition coefficient (Wildman–Crippen LogP) is 3.82. The van der Waals surface area contributed by atoms with Gasteiger partial charge in [-0.2, -0.15) is 0 Å². The molecule has 2 rings (SSSR count). The van der Waals surface area contributed by atoms with Gasteiger partial charge in [-0.1, -0.05) is 11.6 Å². The van der Waals surface area contributed by atoms with Crippen LogP contribution >= 0.6 is 11.6 Å². The number of anilines is 1. The molecular weight excluding hydrogens is 355 g/mol. The lowest BCUT2D eigenvalue weighted by Gasteiger charge is -2.08. The Bertz CT molecular complexity index is 856. The molecule has 0 radical (unpaired) electrons. The first-order valence-corrected chi connectivity index (χ1v) is 7.42. The molecule has 0 saturated heterocycles. The van der Waals surface area contributed by atoms with Gasteiger partial charge in [0, 0.05) is 22.7 Å². The van der Waals surface area contributed by atoms with Gasteiger partial charge in [-0.25, -0.2) is 9.18 Å². The van der Waals surface area contributed by atoms with Crippen LogP contribution in [0, 0.1) is 15.9 Å². The minimum absolute atomic E-state index is 0.0663. The number of nitro groups is 1. The van der Waals surface area contributed by atoms with E-state index in [2.05, 4.69) is 5.32 Å². The van der Waals surface area contributed by atoms with E-state index in [-0.39, 0.29) is 28.4 Å². The zero-order valence-corrected chi connectivity index (χ0v) is 13.7. The highest BCUT2D eigenvalue weighted by Gasteiger charge is 2.19. The van der Waals surface area contributed by atoms with Crippen LogP contribution in [0.1, 0.15) is 27.6 Å². The SMILES string of the molecule is CCOC(=O)c1cc(C(=O)Nc2cc(Cl)ccc2F)cc([N+](=O)[O-])c1. The third-order valence-electron chi connectivity index (χ3n) is 3.08. The lowest BCUT2D eigenvalue weighted by atomic mass is 10.1. The molecule has 2 aromatic carbocycles. The fraction of sp³-hybridized carbons (Fsp3) is 0.125. The number of amides is 1. The van der Waals surface area contributed by atoms with Crippen molar-refractivity contribution in [2.24, 2.45) is 0 Å². The quantitative estimate of drug-likeness (QED) is 0.492. The number of nitrogens with one attached hydrogen (secondary N) is 1. The Kier molecular flexibility index (Phi) is 5.66. The van der Waals surface area contributed by atoms with Crippen molar-refractivity contribution in [2.75, 3.05) is 11.9 Å². The van der Waals surface area contributed by atoms with Gasteiger partial charge >= 0.3 is 5.97 Å². The van der Waals surface area contributed by atoms with Crippen LogP contribution in [-0.2, 0) is 4.74 Å². The van der Waals surface area contributed by atoms with Crippen LogP contribution in [0.3, 0.4) is 0 Å². The van der Waals surface area contributed by atoms with Crippen LogP contribution in [0.15, 0.2) is 36.4 Å². The summed E-state index contributed by atoms with van der Waals surface area (Å²) in [6, 6.07) is 6.66. The maximum atomic E-state index is 13.7. The smallest absolute Gasteiger partial charge is 0.338 e. The molecule has 0 saturated carbocycles. The van der Waals surface area contributed by atoms with E-state index >= 15 is 0 Å². The number of hydrogen-bond acceptors (Lipinski definition) is 5. The van der Waals surface area contributed by atoms with Gasteiger partial charge in [0.25, 0.3) is 11.6 Å². The van der Waals surface area contributed by atoms with Gasteiger partial charge in [0.1, 0.15) is 5.82 Å². The second-order valence-electron chi connectivity index (χ2n) is 4.82. The molecule has 130 valence electrons. The number of nitro benzene ring substituents is 1. The van der Waals surface area contributed by atoms with E-state index in [9.17, 15) is 24.1 Å². The van der Waals surface area contributed by atoms with Gasteiger partial charge in [-0.3, -0.25) is 14.9 Å². The zero-order chi connectivity index (χ0) is 18.6. The summed E-state index contributed by atoms with van der Waals surface area (Å²) < 4.78 is 18.5. The number of non-ortho nitro benzene ring substituents is 1. The topological polar surface area (TPSA) is 98.5 Å². The van der Waals surface area contributed by atoms with Crippen molar-refractivity contribution in [1.82, 2.24) is 0 Å². The van der Waals surface area contributed by atoms with Gasteiger partial charge in [0.05, 0.1) is 22.8 Å². The van der Waals surface area contributed by atoms with Crippen molar-refractivity contribution >= 4 is 34.9 Å². The third-order valence-corrected chi connectivity index (χ3v) is 3.31. The Morgan fingerprint density at radius 2 is 1.92 bits per heavy atom. The fourth-order valence-corrected chi connectivity index (χ4v) is 2.14. The summed E-state index contributed by atoms with van der Waals surface area (Å²) in [5.74, 6) is -2.38. The molecule has 2 aromatic rings. The summed E-state index contributed by atoms with van der Waals surface area (Å²) in [7, 11) is 0. The van der Waals surface area contributed by atoms with E-state index < -0.39 is 28.3 Å². The molecule has 0 atom stereocenters. The van der Waals surface area contributed by atoms with Crippen molar-refractivity contribution in [3.8, 4) is 0 Å². The molecule has 1 amide bonds. The number of carbonyl (C=O) groups excluding carboxylic acids is 2. The number of carbonyl (C=O) groups is 2. The number of esters is 1. The predicted molar refractivity (Wildman–Crippen MR) is 88.4 cm³/mol. The van der Waals surface area contributed by atoms with Crippen molar-refractivity contribution in [3.63, 3.8) is 0 Å². The average molecular weight is 367 g/mol. The molecule has 0 aliphatic rings. The number of halogens is 2. The first-order valence-electron chi connectivity index (χ1n) is 7.04. The van der Waals surface area contributed by atoms with Gasteiger partial charge < -0.3 is 10.1 Å². The molecule has 7 nitrogen and oxygen atoms in total. The van der Waals surface area contributed by atoms with Gasteiger partial charge in [0.15, 0.2) is 0 Å². The van der Waals surface area contributed by atoms with E-state index in [0.717, 1.165) is 24.3 Å². The van der Waals surface area contributed by atoms with Crippen molar-refractivity contribution in [2.45, 2.75) is 6.92 Å². The van der Waals surface area contributed by atoms with Crippen molar-refractivity contribution < 1.29 is 23.6 Å². The molecule has 0 bridgehead atoms. The fourth-order valence-electron chi connectivity index (χ4n) is 1.97. The molecule has 0 heterocycles. The standard InChI is InChI=1S/C16H12ClFN2O5/c1-2-25-16(22)10-5-9(6-12(7-10)20(23)24)15(21)19-14-8-11(17)3-4-13(14)18/h3-8H,2H2,1H3,(H,19,21). The molecule has 25 heavy (non-hydrogen) atoms. The minimum Gasteiger partial charge on any atom is -0.462 e. The van der Waals surface area contributed by atoms with E-state index in [1.165, 1.54) is 12.1 Å². The molecule has 0 aliphatic carbocycles. The van der Waals surface area contributed by atoms with Crippen molar-refractivity contribution in [1.29, 1.82) is 0 Å². The minimum atomic E-state index is -0.838. The number of ether oxygens (including phenoxy) is 1. The summed E-state index contributed by atoms with van der Waals surface area (Å²) in [6.07, 6.45) is 0. The van der Waals surface area contributed by atoms with Gasteiger partial charge in [-0.15, -0.1) is 0 Å². The van der Waals surface area contributed by atoms with Crippen LogP contribution in [-0.4, -0.2) is 23.4 Å². The highest BCUT2D eigenvalue weighted by atomic mass is 35.5. The summed E-state index contributed by atoms with van der Waals surface area (Å²) in [4.78, 5) is 34.3. The Hall–Kier alpha value is -3.00. The van der Waals surface area contributed by atoms with Crippen LogP contribution < -0.4 is 5.32 Å². The first-order chi connectivity index (χ1) is 11.8. The highest BCUT2D eigenvalue weighted by molar-refractivity contribution is 6.31. The van der Waals surface area contributed by atoms with E-state index in [1.807, 2.05) is 0 Å². The molecule has 0 unspecified atom stereocenters. The average Bonchev–Trinajstić information content (AvgIpc) is 2.57. The largest absolute Gasteiger partial charge is 0.462 e. The van der Waals surface area contributed by atoms with E-state index in [4.69, 9.17) is 16.3 Å². The maximum absolute atomic E-state index is 13.7. The van der Waals surface area contributed by atoms with Crippen LogP contribution in [0.25, 0.3) is 0 Å². The molecule has 0 spiro atoms. The molecule has 1 N–H and O–H groups in total. The summed E-state index contributed by atoms with van der Waals surface area (Å²) in [6.45, 7) is 1.64. The van der Waals surface area contributed by atoms with E-state index in [0.29, 0.717) is 0 Å². The van der Waals surface area contributed by atoms with E-state index in [1.54, 1.807) is 6.92 Å². The summed E-state index contributed by atoms with van der Waals surface area (Å²) in [5.41, 5.74) is -1.02. The second kappa shape index (κ2) is 7.71. The Labute approximate surface area is 146 Å². The van der Waals surface area contributed by atoms with Crippen molar-refractivity contribution in [3.05, 3.63) is 68.5 Å². The number of benzene rings is 2. The van der Waals surface area contributed by atoms with Crippen LogP contribution in [0.2, 0.25) is 5.02 Å². The summed E-state index contributed by atoms with van der Waals surface area (Å²) >= 11 is 5.75. The highest BCUT2D eigenvalue weighted by Crippen LogP contribution is 2.22. The first kappa shape index (κ1) is 18.3. The molecular formula is C16H12ClFN2O5. The molecule has 0 aliphatic heterocycles. The van der Waals surface area contributed by atoms with Crippen LogP contribution in [0.4, 0.5) is 15.8 Å². The normalized spacial score (nSPS) is 10.2. The molecule has 0 fully saturated rings. The zero-order valence-electron chi connectivity index (χ0n) is 12.9. The second-order valence-corrected chi connectivity index (χ2v) is 5.26. The number of nitrogens with zero attached hydrogens (tertiary/aromatic N) is 1. The number of rotatable bonds is 5. The van der Waals surface area contributed by atoms with Gasteiger partial charge in [-0.05, 0) is 31.2 Å². The number of hydrogen-bond donors (Lipinski definition) is 1. The Morgan fingerprint density at radius 3 is 2.56 bits per heavy atom. The lowest BCUT2D eigenvalue weighted by molar-refractivity contribution is -0.384. The monoisotopic (exact) mass is 366 g/mol. The van der Waals surface area contributed by atoms with Gasteiger partial charge in [0.2, 0.25) is 0 Å². The third kappa shape index (κ3) is 4.51. The Morgan fingerprint density at radius 1 is 1.24 bits per heavy atom.